The minimum Gasteiger partial charge on any atom is -0.495 e. The van der Waals surface area contributed by atoms with Crippen molar-refractivity contribution in [3.8, 4) is 5.75 Å². The first kappa shape index (κ1) is 14.3. The van der Waals surface area contributed by atoms with Gasteiger partial charge in [0.05, 0.1) is 18.9 Å². The first-order chi connectivity index (χ1) is 8.54. The normalized spacial score (nSPS) is 13.6. The highest BCUT2D eigenvalue weighted by Gasteiger charge is 2.11. The van der Waals surface area contributed by atoms with Crippen molar-refractivity contribution in [2.24, 2.45) is 5.73 Å². The van der Waals surface area contributed by atoms with Crippen LogP contribution in [-0.4, -0.2) is 36.9 Å². The second kappa shape index (κ2) is 6.83. The fourth-order valence-electron chi connectivity index (χ4n) is 1.30. The molecule has 0 spiro atoms. The molecule has 0 saturated heterocycles. The third kappa shape index (κ3) is 4.23. The van der Waals surface area contributed by atoms with Gasteiger partial charge in [-0.05, 0) is 19.1 Å². The minimum atomic E-state index is -0.670. The quantitative estimate of drug-likeness (QED) is 0.615. The number of nitrogens with one attached hydrogen (secondary N) is 2. The van der Waals surface area contributed by atoms with Crippen LogP contribution >= 0.6 is 0 Å². The van der Waals surface area contributed by atoms with E-state index in [0.717, 1.165) is 0 Å². The van der Waals surface area contributed by atoms with Gasteiger partial charge in [-0.25, -0.2) is 4.79 Å². The average Bonchev–Trinajstić information content (AvgIpc) is 2.36. The molecule has 1 aromatic carbocycles. The van der Waals surface area contributed by atoms with E-state index < -0.39 is 18.2 Å². The van der Waals surface area contributed by atoms with Gasteiger partial charge in [0.25, 0.3) is 0 Å². The number of anilines is 1. The molecular weight excluding hydrogens is 234 g/mol. The summed E-state index contributed by atoms with van der Waals surface area (Å²) in [6.45, 7) is 1.77. The number of ether oxygens (including phenoxy) is 1. The second-order valence-electron chi connectivity index (χ2n) is 3.94. The Morgan fingerprint density at radius 1 is 1.50 bits per heavy atom. The molecule has 0 saturated carbocycles. The minimum absolute atomic E-state index is 0.193. The van der Waals surface area contributed by atoms with Gasteiger partial charge in [-0.1, -0.05) is 12.1 Å². The third-order valence-electron chi connectivity index (χ3n) is 2.47. The van der Waals surface area contributed by atoms with Gasteiger partial charge in [0, 0.05) is 12.6 Å². The lowest BCUT2D eigenvalue weighted by atomic mass is 10.2. The summed E-state index contributed by atoms with van der Waals surface area (Å²) >= 11 is 0. The van der Waals surface area contributed by atoms with E-state index in [1.165, 1.54) is 7.11 Å². The highest BCUT2D eigenvalue weighted by molar-refractivity contribution is 5.90. The molecule has 1 aromatic rings. The van der Waals surface area contributed by atoms with Gasteiger partial charge in [-0.15, -0.1) is 0 Å². The summed E-state index contributed by atoms with van der Waals surface area (Å²) in [5, 5.41) is 14.4. The first-order valence-corrected chi connectivity index (χ1v) is 5.66. The molecule has 0 aliphatic rings. The largest absolute Gasteiger partial charge is 0.495 e. The van der Waals surface area contributed by atoms with Crippen LogP contribution in [0.2, 0.25) is 0 Å². The Morgan fingerprint density at radius 2 is 2.17 bits per heavy atom. The maximum atomic E-state index is 11.6. The van der Waals surface area contributed by atoms with Crippen molar-refractivity contribution in [1.29, 1.82) is 0 Å². The molecular formula is C12H19N3O3. The van der Waals surface area contributed by atoms with E-state index in [2.05, 4.69) is 10.6 Å². The van der Waals surface area contributed by atoms with Gasteiger partial charge in [0.15, 0.2) is 0 Å². The van der Waals surface area contributed by atoms with Crippen molar-refractivity contribution in [3.63, 3.8) is 0 Å². The Balaban J connectivity index is 2.49. The lowest BCUT2D eigenvalue weighted by Gasteiger charge is -2.16. The monoisotopic (exact) mass is 253 g/mol. The lowest BCUT2D eigenvalue weighted by Crippen LogP contribution is -2.44. The summed E-state index contributed by atoms with van der Waals surface area (Å²) in [4.78, 5) is 11.6. The van der Waals surface area contributed by atoms with Gasteiger partial charge < -0.3 is 26.2 Å². The van der Waals surface area contributed by atoms with Crippen LogP contribution in [-0.2, 0) is 0 Å². The standard InChI is InChI=1S/C12H19N3O3/c1-8(16)9(13)7-14-12(17)15-10-5-3-4-6-11(10)18-2/h3-6,8-9,16H,7,13H2,1-2H3,(H2,14,15,17). The van der Waals surface area contributed by atoms with Crippen LogP contribution in [0.25, 0.3) is 0 Å². The van der Waals surface area contributed by atoms with Crippen LogP contribution in [0.5, 0.6) is 5.75 Å². The Labute approximate surface area is 106 Å². The summed E-state index contributed by atoms with van der Waals surface area (Å²) < 4.78 is 5.10. The van der Waals surface area contributed by atoms with Crippen molar-refractivity contribution in [1.82, 2.24) is 5.32 Å². The van der Waals surface area contributed by atoms with E-state index >= 15 is 0 Å². The highest BCUT2D eigenvalue weighted by atomic mass is 16.5. The summed E-state index contributed by atoms with van der Waals surface area (Å²) in [5.41, 5.74) is 6.17. The molecule has 0 heterocycles. The Morgan fingerprint density at radius 3 is 2.78 bits per heavy atom. The number of aliphatic hydroxyl groups excluding tert-OH is 1. The number of hydrogen-bond donors (Lipinski definition) is 4. The number of aliphatic hydroxyl groups is 1. The van der Waals surface area contributed by atoms with Crippen molar-refractivity contribution in [2.45, 2.75) is 19.1 Å². The van der Waals surface area contributed by atoms with E-state index in [9.17, 15) is 9.90 Å². The van der Waals surface area contributed by atoms with E-state index in [4.69, 9.17) is 10.5 Å². The number of nitrogens with two attached hydrogens (primary N) is 1. The van der Waals surface area contributed by atoms with Crippen molar-refractivity contribution < 1.29 is 14.6 Å². The molecule has 0 aliphatic carbocycles. The summed E-state index contributed by atoms with van der Waals surface area (Å²) in [6.07, 6.45) is -0.670. The molecule has 2 amide bonds. The zero-order valence-electron chi connectivity index (χ0n) is 10.5. The van der Waals surface area contributed by atoms with Crippen LogP contribution in [0.1, 0.15) is 6.92 Å². The SMILES string of the molecule is COc1ccccc1NC(=O)NCC(N)C(C)O. The Bertz CT molecular complexity index is 396. The molecule has 0 bridgehead atoms. The van der Waals surface area contributed by atoms with Gasteiger partial charge in [0.1, 0.15) is 5.75 Å². The lowest BCUT2D eigenvalue weighted by molar-refractivity contribution is 0.162. The number of hydrogen-bond acceptors (Lipinski definition) is 4. The molecule has 2 atom stereocenters. The molecule has 18 heavy (non-hydrogen) atoms. The maximum Gasteiger partial charge on any atom is 0.319 e. The number of para-hydroxylation sites is 2. The van der Waals surface area contributed by atoms with Gasteiger partial charge in [0.2, 0.25) is 0 Å². The first-order valence-electron chi connectivity index (χ1n) is 5.66. The molecule has 6 nitrogen and oxygen atoms in total. The average molecular weight is 253 g/mol. The molecule has 5 N–H and O–H groups in total. The predicted molar refractivity (Wildman–Crippen MR) is 69.7 cm³/mol. The zero-order chi connectivity index (χ0) is 13.5. The number of urea groups is 1. The maximum absolute atomic E-state index is 11.6. The molecule has 2 unspecified atom stereocenters. The Hall–Kier alpha value is -1.79. The summed E-state index contributed by atoms with van der Waals surface area (Å²) in [7, 11) is 1.53. The number of carbonyl (C=O) groups is 1. The van der Waals surface area contributed by atoms with Crippen LogP contribution in [0.4, 0.5) is 10.5 Å². The molecule has 1 rings (SSSR count). The number of rotatable bonds is 5. The third-order valence-corrected chi connectivity index (χ3v) is 2.47. The molecule has 0 aliphatic heterocycles. The van der Waals surface area contributed by atoms with Crippen LogP contribution in [0, 0.1) is 0 Å². The number of carbonyl (C=O) groups excluding carboxylic acids is 1. The van der Waals surface area contributed by atoms with Crippen molar-refractivity contribution in [2.75, 3.05) is 19.0 Å². The fraction of sp³-hybridized carbons (Fsp3) is 0.417. The van der Waals surface area contributed by atoms with Crippen molar-refractivity contribution in [3.05, 3.63) is 24.3 Å². The van der Waals surface area contributed by atoms with E-state index in [-0.39, 0.29) is 6.54 Å². The van der Waals surface area contributed by atoms with Gasteiger partial charge >= 0.3 is 6.03 Å². The Kier molecular flexibility index (Phi) is 5.41. The zero-order valence-corrected chi connectivity index (χ0v) is 10.5. The fourth-order valence-corrected chi connectivity index (χ4v) is 1.30. The number of methoxy groups -OCH3 is 1. The summed E-state index contributed by atoms with van der Waals surface area (Å²) in [5.74, 6) is 0.576. The molecule has 0 radical (unpaired) electrons. The van der Waals surface area contributed by atoms with Crippen LogP contribution in [0.3, 0.4) is 0 Å². The van der Waals surface area contributed by atoms with Crippen molar-refractivity contribution >= 4 is 11.7 Å². The predicted octanol–water partition coefficient (Wildman–Crippen LogP) is 0.525. The number of benzene rings is 1. The van der Waals surface area contributed by atoms with Crippen LogP contribution < -0.4 is 21.1 Å². The molecule has 0 fully saturated rings. The smallest absolute Gasteiger partial charge is 0.319 e. The van der Waals surface area contributed by atoms with Gasteiger partial charge in [-0.3, -0.25) is 0 Å². The van der Waals surface area contributed by atoms with E-state index in [1.807, 2.05) is 6.07 Å². The highest BCUT2D eigenvalue weighted by Crippen LogP contribution is 2.22. The number of amides is 2. The molecule has 100 valence electrons. The van der Waals surface area contributed by atoms with Crippen LogP contribution in [0.15, 0.2) is 24.3 Å². The van der Waals surface area contributed by atoms with Gasteiger partial charge in [-0.2, -0.15) is 0 Å². The van der Waals surface area contributed by atoms with E-state index in [0.29, 0.717) is 11.4 Å². The molecule has 0 aromatic heterocycles. The van der Waals surface area contributed by atoms with E-state index in [1.54, 1.807) is 25.1 Å². The summed E-state index contributed by atoms with van der Waals surface area (Å²) in [6, 6.07) is 6.19. The molecule has 6 heteroatoms. The topological polar surface area (TPSA) is 96.6 Å². The second-order valence-corrected chi connectivity index (χ2v) is 3.94.